The van der Waals surface area contributed by atoms with Gasteiger partial charge in [0.2, 0.25) is 5.91 Å². The summed E-state index contributed by atoms with van der Waals surface area (Å²) in [5.41, 5.74) is 2.84. The summed E-state index contributed by atoms with van der Waals surface area (Å²) in [7, 11) is 0. The smallest absolute Gasteiger partial charge is 0.225 e. The van der Waals surface area contributed by atoms with Gasteiger partial charge in [0.15, 0.2) is 0 Å². The zero-order valence-corrected chi connectivity index (χ0v) is 16.9. The van der Waals surface area contributed by atoms with E-state index in [1.807, 2.05) is 59.6 Å². The maximum absolute atomic E-state index is 12.2. The standard InChI is InChI=1S/C24H23ClN2O2/c25-23-20-3-1-2-4-22(20)26-15-21(23)16-7-9-18(10-8-16)29-19-11-13-27(14-12-19)24(28)17-5-6-17/h1-4,7-10,15,17,19H,5-6,11-14H2. The normalized spacial score (nSPS) is 17.5. The lowest BCUT2D eigenvalue weighted by Crippen LogP contribution is -2.42. The van der Waals surface area contributed by atoms with Crippen LogP contribution < -0.4 is 4.74 Å². The van der Waals surface area contributed by atoms with Crippen molar-refractivity contribution >= 4 is 28.4 Å². The second-order valence-corrected chi connectivity index (χ2v) is 8.32. The van der Waals surface area contributed by atoms with Gasteiger partial charge < -0.3 is 9.64 Å². The summed E-state index contributed by atoms with van der Waals surface area (Å²) in [5.74, 6) is 1.50. The Morgan fingerprint density at radius 2 is 1.72 bits per heavy atom. The minimum atomic E-state index is 0.162. The summed E-state index contributed by atoms with van der Waals surface area (Å²) in [6, 6.07) is 15.9. The number of rotatable bonds is 4. The van der Waals surface area contributed by atoms with Gasteiger partial charge in [0.05, 0.1) is 10.5 Å². The van der Waals surface area contributed by atoms with Crippen LogP contribution in [-0.2, 0) is 4.79 Å². The van der Waals surface area contributed by atoms with Crippen LogP contribution in [0, 0.1) is 5.92 Å². The Morgan fingerprint density at radius 1 is 1.00 bits per heavy atom. The third-order valence-electron chi connectivity index (χ3n) is 5.86. The monoisotopic (exact) mass is 406 g/mol. The summed E-state index contributed by atoms with van der Waals surface area (Å²) in [6.45, 7) is 1.60. The van der Waals surface area contributed by atoms with Crippen molar-refractivity contribution in [1.29, 1.82) is 0 Å². The summed E-state index contributed by atoms with van der Waals surface area (Å²) in [4.78, 5) is 18.7. The number of amides is 1. The number of para-hydroxylation sites is 1. The third-order valence-corrected chi connectivity index (χ3v) is 6.27. The molecule has 2 aromatic carbocycles. The molecule has 3 aromatic rings. The largest absolute Gasteiger partial charge is 0.490 e. The fraction of sp³-hybridized carbons (Fsp3) is 0.333. The highest BCUT2D eigenvalue weighted by molar-refractivity contribution is 6.38. The molecule has 29 heavy (non-hydrogen) atoms. The number of carbonyl (C=O) groups is 1. The minimum Gasteiger partial charge on any atom is -0.490 e. The molecule has 4 nitrogen and oxygen atoms in total. The van der Waals surface area contributed by atoms with Crippen LogP contribution in [0.4, 0.5) is 0 Å². The van der Waals surface area contributed by atoms with Crippen LogP contribution in [0.5, 0.6) is 5.75 Å². The van der Waals surface area contributed by atoms with Gasteiger partial charge in [-0.3, -0.25) is 9.78 Å². The van der Waals surface area contributed by atoms with E-state index in [-0.39, 0.29) is 6.10 Å². The second kappa shape index (κ2) is 7.68. The van der Waals surface area contributed by atoms with Gasteiger partial charge in [-0.1, -0.05) is 41.9 Å². The quantitative estimate of drug-likeness (QED) is 0.587. The Bertz CT molecular complexity index is 1040. The van der Waals surface area contributed by atoms with Gasteiger partial charge in [0.1, 0.15) is 11.9 Å². The van der Waals surface area contributed by atoms with Gasteiger partial charge in [0, 0.05) is 49.0 Å². The molecule has 0 radical (unpaired) electrons. The number of hydrogen-bond donors (Lipinski definition) is 0. The molecule has 1 aromatic heterocycles. The Kier molecular flexibility index (Phi) is 4.88. The van der Waals surface area contributed by atoms with Crippen LogP contribution in [0.25, 0.3) is 22.0 Å². The van der Waals surface area contributed by atoms with E-state index in [2.05, 4.69) is 4.98 Å². The number of aromatic nitrogens is 1. The van der Waals surface area contributed by atoms with Crippen molar-refractivity contribution in [2.24, 2.45) is 5.92 Å². The molecule has 2 heterocycles. The average Bonchev–Trinajstić information content (AvgIpc) is 3.61. The van der Waals surface area contributed by atoms with E-state index in [0.717, 1.165) is 71.6 Å². The Hall–Kier alpha value is -2.59. The van der Waals surface area contributed by atoms with E-state index >= 15 is 0 Å². The van der Waals surface area contributed by atoms with Crippen LogP contribution in [0.3, 0.4) is 0 Å². The SMILES string of the molecule is O=C(C1CC1)N1CCC(Oc2ccc(-c3cnc4ccccc4c3Cl)cc2)CC1. The van der Waals surface area contributed by atoms with E-state index in [4.69, 9.17) is 16.3 Å². The number of nitrogens with zero attached hydrogens (tertiary/aromatic N) is 2. The number of carbonyl (C=O) groups excluding carboxylic acids is 1. The lowest BCUT2D eigenvalue weighted by atomic mass is 10.0. The highest BCUT2D eigenvalue weighted by Crippen LogP contribution is 2.34. The minimum absolute atomic E-state index is 0.162. The van der Waals surface area contributed by atoms with Crippen molar-refractivity contribution in [3.63, 3.8) is 0 Å². The molecule has 1 amide bonds. The summed E-state index contributed by atoms with van der Waals surface area (Å²) < 4.78 is 6.16. The molecule has 1 aliphatic carbocycles. The number of pyridine rings is 1. The van der Waals surface area contributed by atoms with E-state index in [1.165, 1.54) is 0 Å². The zero-order valence-electron chi connectivity index (χ0n) is 16.2. The number of ether oxygens (including phenoxy) is 1. The van der Waals surface area contributed by atoms with Crippen molar-refractivity contribution < 1.29 is 9.53 Å². The van der Waals surface area contributed by atoms with Crippen molar-refractivity contribution in [3.05, 3.63) is 59.8 Å². The predicted molar refractivity (Wildman–Crippen MR) is 115 cm³/mol. The highest BCUT2D eigenvalue weighted by Gasteiger charge is 2.35. The molecule has 0 spiro atoms. The molecule has 2 aliphatic rings. The molecule has 1 aliphatic heterocycles. The summed E-state index contributed by atoms with van der Waals surface area (Å²) >= 11 is 6.63. The predicted octanol–water partition coefficient (Wildman–Crippen LogP) is 5.34. The first-order valence-electron chi connectivity index (χ1n) is 10.3. The lowest BCUT2D eigenvalue weighted by Gasteiger charge is -2.32. The molecule has 0 N–H and O–H groups in total. The number of benzene rings is 2. The van der Waals surface area contributed by atoms with E-state index < -0.39 is 0 Å². The third kappa shape index (κ3) is 3.82. The first-order valence-corrected chi connectivity index (χ1v) is 10.7. The zero-order chi connectivity index (χ0) is 19.8. The fourth-order valence-electron chi connectivity index (χ4n) is 4.00. The molecular formula is C24H23ClN2O2. The number of hydrogen-bond acceptors (Lipinski definition) is 3. The van der Waals surface area contributed by atoms with Crippen molar-refractivity contribution in [2.75, 3.05) is 13.1 Å². The fourth-order valence-corrected chi connectivity index (χ4v) is 4.31. The average molecular weight is 407 g/mol. The first kappa shape index (κ1) is 18.4. The van der Waals surface area contributed by atoms with Crippen LogP contribution in [0.1, 0.15) is 25.7 Å². The van der Waals surface area contributed by atoms with Gasteiger partial charge in [-0.2, -0.15) is 0 Å². The molecule has 1 saturated carbocycles. The first-order chi connectivity index (χ1) is 14.2. The maximum Gasteiger partial charge on any atom is 0.225 e. The second-order valence-electron chi connectivity index (χ2n) is 7.94. The molecule has 5 rings (SSSR count). The molecule has 5 heteroatoms. The number of piperidine rings is 1. The Labute approximate surface area is 175 Å². The van der Waals surface area contributed by atoms with E-state index in [0.29, 0.717) is 11.8 Å². The van der Waals surface area contributed by atoms with Crippen molar-refractivity contribution in [3.8, 4) is 16.9 Å². The molecule has 1 saturated heterocycles. The molecule has 0 atom stereocenters. The lowest BCUT2D eigenvalue weighted by molar-refractivity contribution is -0.134. The van der Waals surface area contributed by atoms with Crippen LogP contribution in [0.15, 0.2) is 54.7 Å². The maximum atomic E-state index is 12.2. The van der Waals surface area contributed by atoms with Gasteiger partial charge in [0.25, 0.3) is 0 Å². The number of fused-ring (bicyclic) bond motifs is 1. The van der Waals surface area contributed by atoms with Gasteiger partial charge in [-0.15, -0.1) is 0 Å². The van der Waals surface area contributed by atoms with E-state index in [1.54, 1.807) is 0 Å². The summed E-state index contributed by atoms with van der Waals surface area (Å²) in [6.07, 6.45) is 5.90. The van der Waals surface area contributed by atoms with Crippen molar-refractivity contribution in [1.82, 2.24) is 9.88 Å². The number of likely N-dealkylation sites (tertiary alicyclic amines) is 1. The number of halogens is 1. The molecule has 2 fully saturated rings. The van der Waals surface area contributed by atoms with Crippen LogP contribution in [-0.4, -0.2) is 35.0 Å². The van der Waals surface area contributed by atoms with Crippen molar-refractivity contribution in [2.45, 2.75) is 31.8 Å². The Balaban J connectivity index is 1.25. The molecular weight excluding hydrogens is 384 g/mol. The van der Waals surface area contributed by atoms with E-state index in [9.17, 15) is 4.79 Å². The van der Waals surface area contributed by atoms with Gasteiger partial charge >= 0.3 is 0 Å². The highest BCUT2D eigenvalue weighted by atomic mass is 35.5. The van der Waals surface area contributed by atoms with Gasteiger partial charge in [-0.25, -0.2) is 0 Å². The topological polar surface area (TPSA) is 42.4 Å². The molecule has 148 valence electrons. The molecule has 0 unspecified atom stereocenters. The van der Waals surface area contributed by atoms with Crippen LogP contribution >= 0.6 is 11.6 Å². The van der Waals surface area contributed by atoms with Crippen LogP contribution in [0.2, 0.25) is 5.02 Å². The Morgan fingerprint density at radius 3 is 2.45 bits per heavy atom. The summed E-state index contributed by atoms with van der Waals surface area (Å²) in [5, 5.41) is 1.68. The van der Waals surface area contributed by atoms with Gasteiger partial charge in [-0.05, 0) is 36.6 Å². The molecule has 0 bridgehead atoms.